The second-order valence-corrected chi connectivity index (χ2v) is 4.82. The Morgan fingerprint density at radius 3 is 2.58 bits per heavy atom. The van der Waals surface area contributed by atoms with Gasteiger partial charge in [0.15, 0.2) is 0 Å². The number of rotatable bonds is 4. The normalized spacial score (nSPS) is 18.7. The van der Waals surface area contributed by atoms with Crippen LogP contribution in [-0.4, -0.2) is 24.9 Å². The molecule has 102 valence electrons. The lowest BCUT2D eigenvalue weighted by Crippen LogP contribution is -2.32. The van der Waals surface area contributed by atoms with Crippen LogP contribution in [0.2, 0.25) is 0 Å². The zero-order valence-corrected chi connectivity index (χ0v) is 11.5. The van der Waals surface area contributed by atoms with Gasteiger partial charge in [0.2, 0.25) is 11.8 Å². The third kappa shape index (κ3) is 2.95. The zero-order chi connectivity index (χ0) is 13.8. The summed E-state index contributed by atoms with van der Waals surface area (Å²) in [5, 5.41) is 2.78. The van der Waals surface area contributed by atoms with Gasteiger partial charge >= 0.3 is 0 Å². The van der Waals surface area contributed by atoms with E-state index in [9.17, 15) is 9.59 Å². The van der Waals surface area contributed by atoms with E-state index < -0.39 is 0 Å². The largest absolute Gasteiger partial charge is 0.356 e. The van der Waals surface area contributed by atoms with Gasteiger partial charge in [-0.15, -0.1) is 0 Å². The van der Waals surface area contributed by atoms with E-state index in [2.05, 4.69) is 12.2 Å². The van der Waals surface area contributed by atoms with E-state index in [1.807, 2.05) is 31.2 Å². The number of hydrogen-bond acceptors (Lipinski definition) is 2. The Morgan fingerprint density at radius 2 is 2.00 bits per heavy atom. The first-order valence-electron chi connectivity index (χ1n) is 6.82. The number of aryl methyl sites for hydroxylation is 1. The molecule has 1 unspecified atom stereocenters. The highest BCUT2D eigenvalue weighted by Crippen LogP contribution is 2.25. The third-order valence-electron chi connectivity index (χ3n) is 3.50. The van der Waals surface area contributed by atoms with Crippen LogP contribution in [0.3, 0.4) is 0 Å². The van der Waals surface area contributed by atoms with Gasteiger partial charge in [-0.1, -0.05) is 19.1 Å². The van der Waals surface area contributed by atoms with E-state index in [4.69, 9.17) is 0 Å². The molecular weight excluding hydrogens is 240 g/mol. The van der Waals surface area contributed by atoms with E-state index >= 15 is 0 Å². The van der Waals surface area contributed by atoms with Gasteiger partial charge in [0.05, 0.1) is 5.92 Å². The second kappa shape index (κ2) is 5.87. The predicted octanol–water partition coefficient (Wildman–Crippen LogP) is 1.74. The Morgan fingerprint density at radius 1 is 1.32 bits per heavy atom. The first kappa shape index (κ1) is 13.6. The van der Waals surface area contributed by atoms with E-state index in [1.165, 1.54) is 5.56 Å². The number of carbonyl (C=O) groups excluding carboxylic acids is 2. The molecular formula is C15H20N2O2. The van der Waals surface area contributed by atoms with Crippen molar-refractivity contribution < 1.29 is 9.59 Å². The average molecular weight is 260 g/mol. The van der Waals surface area contributed by atoms with E-state index in [0.717, 1.165) is 12.1 Å². The Kier molecular flexibility index (Phi) is 4.20. The monoisotopic (exact) mass is 260 g/mol. The number of nitrogens with zero attached hydrogens (tertiary/aromatic N) is 1. The number of hydrogen-bond donors (Lipinski definition) is 1. The van der Waals surface area contributed by atoms with Gasteiger partial charge in [0.1, 0.15) is 0 Å². The molecule has 1 saturated heterocycles. The van der Waals surface area contributed by atoms with Crippen molar-refractivity contribution in [1.29, 1.82) is 0 Å². The second-order valence-electron chi connectivity index (χ2n) is 4.82. The SMILES string of the molecule is CCNC(=O)C1CC(=O)N(c2ccc(CC)cc2)C1. The molecule has 1 aromatic rings. The summed E-state index contributed by atoms with van der Waals surface area (Å²) in [5.41, 5.74) is 2.13. The van der Waals surface area contributed by atoms with Crippen LogP contribution < -0.4 is 10.2 Å². The molecule has 4 heteroatoms. The summed E-state index contributed by atoms with van der Waals surface area (Å²) in [6, 6.07) is 7.97. The Balaban J connectivity index is 2.08. The highest BCUT2D eigenvalue weighted by molar-refractivity contribution is 6.00. The van der Waals surface area contributed by atoms with Gasteiger partial charge < -0.3 is 10.2 Å². The van der Waals surface area contributed by atoms with Gasteiger partial charge in [0, 0.05) is 25.2 Å². The van der Waals surface area contributed by atoms with E-state index in [-0.39, 0.29) is 17.7 Å². The highest BCUT2D eigenvalue weighted by atomic mass is 16.2. The van der Waals surface area contributed by atoms with E-state index in [1.54, 1.807) is 4.90 Å². The van der Waals surface area contributed by atoms with Gasteiger partial charge in [-0.25, -0.2) is 0 Å². The molecule has 1 atom stereocenters. The molecule has 1 aromatic carbocycles. The zero-order valence-electron chi connectivity index (χ0n) is 11.5. The van der Waals surface area contributed by atoms with Crippen LogP contribution in [0.5, 0.6) is 0 Å². The van der Waals surface area contributed by atoms with Crippen LogP contribution in [0, 0.1) is 5.92 Å². The summed E-state index contributed by atoms with van der Waals surface area (Å²) in [5.74, 6) is -0.220. The fraction of sp³-hybridized carbons (Fsp3) is 0.467. The lowest BCUT2D eigenvalue weighted by Gasteiger charge is -2.17. The lowest BCUT2D eigenvalue weighted by molar-refractivity contribution is -0.126. The first-order chi connectivity index (χ1) is 9.15. The van der Waals surface area contributed by atoms with E-state index in [0.29, 0.717) is 19.5 Å². The number of nitrogens with one attached hydrogen (secondary N) is 1. The maximum Gasteiger partial charge on any atom is 0.227 e. The van der Waals surface area contributed by atoms with Crippen LogP contribution in [0.4, 0.5) is 5.69 Å². The molecule has 1 aliphatic heterocycles. The van der Waals surface area contributed by atoms with Crippen molar-refractivity contribution in [2.45, 2.75) is 26.7 Å². The standard InChI is InChI=1S/C15H20N2O2/c1-3-11-5-7-13(8-6-11)17-10-12(9-14(17)18)15(19)16-4-2/h5-8,12H,3-4,9-10H2,1-2H3,(H,16,19). The smallest absolute Gasteiger partial charge is 0.227 e. The number of benzene rings is 1. The summed E-state index contributed by atoms with van der Waals surface area (Å²) in [7, 11) is 0. The quantitative estimate of drug-likeness (QED) is 0.896. The summed E-state index contributed by atoms with van der Waals surface area (Å²) in [4.78, 5) is 25.5. The summed E-state index contributed by atoms with van der Waals surface area (Å²) >= 11 is 0. The molecule has 2 rings (SSSR count). The van der Waals surface area contributed by atoms with Gasteiger partial charge in [-0.05, 0) is 31.0 Å². The molecule has 2 amide bonds. The fourth-order valence-corrected chi connectivity index (χ4v) is 2.36. The van der Waals surface area contributed by atoms with Crippen LogP contribution in [-0.2, 0) is 16.0 Å². The molecule has 0 spiro atoms. The minimum Gasteiger partial charge on any atom is -0.356 e. The number of amides is 2. The fourth-order valence-electron chi connectivity index (χ4n) is 2.36. The summed E-state index contributed by atoms with van der Waals surface area (Å²) in [6.45, 7) is 5.07. The topological polar surface area (TPSA) is 49.4 Å². The Labute approximate surface area is 113 Å². The average Bonchev–Trinajstić information content (AvgIpc) is 2.81. The molecule has 1 N–H and O–H groups in total. The molecule has 1 fully saturated rings. The molecule has 0 bridgehead atoms. The van der Waals surface area contributed by atoms with Gasteiger partial charge in [-0.2, -0.15) is 0 Å². The predicted molar refractivity (Wildman–Crippen MR) is 75.0 cm³/mol. The van der Waals surface area contributed by atoms with Crippen LogP contribution in [0.1, 0.15) is 25.8 Å². The molecule has 1 aliphatic rings. The maximum atomic E-state index is 12.0. The highest BCUT2D eigenvalue weighted by Gasteiger charge is 2.34. The molecule has 1 heterocycles. The summed E-state index contributed by atoms with van der Waals surface area (Å²) < 4.78 is 0. The molecule has 4 nitrogen and oxygen atoms in total. The first-order valence-corrected chi connectivity index (χ1v) is 6.82. The lowest BCUT2D eigenvalue weighted by atomic mass is 10.1. The van der Waals surface area contributed by atoms with Crippen molar-refractivity contribution in [1.82, 2.24) is 5.32 Å². The van der Waals surface area contributed by atoms with Crippen LogP contribution in [0.15, 0.2) is 24.3 Å². The third-order valence-corrected chi connectivity index (χ3v) is 3.50. The minimum absolute atomic E-state index is 0.0245. The molecule has 0 aromatic heterocycles. The van der Waals surface area contributed by atoms with Crippen molar-refractivity contribution in [2.24, 2.45) is 5.92 Å². The van der Waals surface area contributed by atoms with Gasteiger partial charge in [0.25, 0.3) is 0 Å². The number of carbonyl (C=O) groups is 2. The maximum absolute atomic E-state index is 12.0. The van der Waals surface area contributed by atoms with Crippen molar-refractivity contribution in [3.63, 3.8) is 0 Å². The Bertz CT molecular complexity index is 468. The molecule has 19 heavy (non-hydrogen) atoms. The van der Waals surface area contributed by atoms with Crippen LogP contribution >= 0.6 is 0 Å². The summed E-state index contributed by atoms with van der Waals surface area (Å²) in [6.07, 6.45) is 1.29. The molecule has 0 saturated carbocycles. The Hall–Kier alpha value is -1.84. The van der Waals surface area contributed by atoms with Gasteiger partial charge in [-0.3, -0.25) is 9.59 Å². The molecule has 0 aliphatic carbocycles. The number of anilines is 1. The van der Waals surface area contributed by atoms with Crippen molar-refractivity contribution >= 4 is 17.5 Å². The van der Waals surface area contributed by atoms with Crippen molar-refractivity contribution in [3.05, 3.63) is 29.8 Å². The van der Waals surface area contributed by atoms with Crippen molar-refractivity contribution in [3.8, 4) is 0 Å². The van der Waals surface area contributed by atoms with Crippen LogP contribution in [0.25, 0.3) is 0 Å². The minimum atomic E-state index is -0.224. The van der Waals surface area contributed by atoms with Crippen molar-refractivity contribution in [2.75, 3.05) is 18.0 Å². The molecule has 0 radical (unpaired) electrons.